The summed E-state index contributed by atoms with van der Waals surface area (Å²) in [6, 6.07) is 7.71. The van der Waals surface area contributed by atoms with Crippen LogP contribution in [0, 0.1) is 0 Å². The molecular formula is C12H16N4O. The highest BCUT2D eigenvalue weighted by atomic mass is 16.5. The Morgan fingerprint density at radius 1 is 1.41 bits per heavy atom. The van der Waals surface area contributed by atoms with Crippen LogP contribution in [0.3, 0.4) is 0 Å². The summed E-state index contributed by atoms with van der Waals surface area (Å²) in [5.74, 6) is 1.58. The lowest BCUT2D eigenvalue weighted by atomic mass is 10.1. The summed E-state index contributed by atoms with van der Waals surface area (Å²) >= 11 is 0. The van der Waals surface area contributed by atoms with E-state index < -0.39 is 0 Å². The number of ether oxygens (including phenoxy) is 1. The number of aromatic nitrogens is 3. The fourth-order valence-corrected chi connectivity index (χ4v) is 1.58. The van der Waals surface area contributed by atoms with Crippen molar-refractivity contribution in [2.45, 2.75) is 19.6 Å². The molecule has 5 nitrogen and oxygen atoms in total. The zero-order valence-corrected chi connectivity index (χ0v) is 10.00. The van der Waals surface area contributed by atoms with E-state index in [-0.39, 0.29) is 6.04 Å². The van der Waals surface area contributed by atoms with Crippen LogP contribution < -0.4 is 10.5 Å². The van der Waals surface area contributed by atoms with Crippen LogP contribution in [0.4, 0.5) is 0 Å². The van der Waals surface area contributed by atoms with Gasteiger partial charge in [0.05, 0.1) is 0 Å². The Labute approximate surface area is 100 Å². The van der Waals surface area contributed by atoms with Gasteiger partial charge in [-0.3, -0.25) is 4.68 Å². The Kier molecular flexibility index (Phi) is 3.39. The van der Waals surface area contributed by atoms with Crippen molar-refractivity contribution < 1.29 is 4.74 Å². The molecule has 1 heterocycles. The SMILES string of the molecule is C[C@@H](N)c1ccccc1OCc1ncnn1C. The maximum absolute atomic E-state index is 5.88. The van der Waals surface area contributed by atoms with Crippen LogP contribution in [-0.4, -0.2) is 14.8 Å². The van der Waals surface area contributed by atoms with Gasteiger partial charge in [-0.2, -0.15) is 5.10 Å². The lowest BCUT2D eigenvalue weighted by molar-refractivity contribution is 0.285. The molecule has 2 N–H and O–H groups in total. The first kappa shape index (κ1) is 11.6. The van der Waals surface area contributed by atoms with Crippen LogP contribution in [-0.2, 0) is 13.7 Å². The fourth-order valence-electron chi connectivity index (χ4n) is 1.58. The Morgan fingerprint density at radius 3 is 2.82 bits per heavy atom. The van der Waals surface area contributed by atoms with Gasteiger partial charge in [0, 0.05) is 18.7 Å². The highest BCUT2D eigenvalue weighted by Gasteiger charge is 2.08. The first-order valence-corrected chi connectivity index (χ1v) is 5.48. The van der Waals surface area contributed by atoms with Crippen molar-refractivity contribution in [1.82, 2.24) is 14.8 Å². The Bertz CT molecular complexity index is 493. The maximum Gasteiger partial charge on any atom is 0.164 e. The zero-order valence-electron chi connectivity index (χ0n) is 10.00. The second-order valence-corrected chi connectivity index (χ2v) is 3.92. The number of nitrogens with zero attached hydrogens (tertiary/aromatic N) is 3. The van der Waals surface area contributed by atoms with Gasteiger partial charge in [0.1, 0.15) is 18.7 Å². The summed E-state index contributed by atoms with van der Waals surface area (Å²) in [5, 5.41) is 3.99. The Hall–Kier alpha value is -1.88. The van der Waals surface area contributed by atoms with Crippen LogP contribution in [0.15, 0.2) is 30.6 Å². The average molecular weight is 232 g/mol. The maximum atomic E-state index is 5.88. The monoisotopic (exact) mass is 232 g/mol. The standard InChI is InChI=1S/C12H16N4O/c1-9(13)10-5-3-4-6-11(10)17-7-12-14-8-15-16(12)2/h3-6,8-9H,7,13H2,1-2H3/t9-/m1/s1. The molecule has 0 aliphatic rings. The Balaban J connectivity index is 2.11. The molecule has 0 fully saturated rings. The van der Waals surface area contributed by atoms with Gasteiger partial charge in [-0.1, -0.05) is 18.2 Å². The second-order valence-electron chi connectivity index (χ2n) is 3.92. The van der Waals surface area contributed by atoms with Gasteiger partial charge >= 0.3 is 0 Å². The third-order valence-corrected chi connectivity index (χ3v) is 2.57. The topological polar surface area (TPSA) is 66.0 Å². The van der Waals surface area contributed by atoms with E-state index >= 15 is 0 Å². The summed E-state index contributed by atoms with van der Waals surface area (Å²) in [6.45, 7) is 2.32. The third kappa shape index (κ3) is 2.62. The normalized spacial score (nSPS) is 12.4. The van der Waals surface area contributed by atoms with E-state index in [9.17, 15) is 0 Å². The largest absolute Gasteiger partial charge is 0.485 e. The lowest BCUT2D eigenvalue weighted by Crippen LogP contribution is -2.09. The first-order chi connectivity index (χ1) is 8.18. The van der Waals surface area contributed by atoms with Gasteiger partial charge in [-0.05, 0) is 13.0 Å². The summed E-state index contributed by atoms with van der Waals surface area (Å²) in [6.07, 6.45) is 1.51. The molecule has 5 heteroatoms. The van der Waals surface area contributed by atoms with Crippen molar-refractivity contribution in [3.63, 3.8) is 0 Å². The minimum Gasteiger partial charge on any atom is -0.485 e. The van der Waals surface area contributed by atoms with Gasteiger partial charge in [0.2, 0.25) is 0 Å². The third-order valence-electron chi connectivity index (χ3n) is 2.57. The predicted molar refractivity (Wildman–Crippen MR) is 64.4 cm³/mol. The molecule has 2 aromatic rings. The second kappa shape index (κ2) is 4.97. The summed E-state index contributed by atoms with van der Waals surface area (Å²) in [7, 11) is 1.84. The number of hydrogen-bond donors (Lipinski definition) is 1. The van der Waals surface area contributed by atoms with Gasteiger partial charge in [0.15, 0.2) is 5.82 Å². The van der Waals surface area contributed by atoms with Crippen molar-refractivity contribution >= 4 is 0 Å². The Morgan fingerprint density at radius 2 is 2.18 bits per heavy atom. The van der Waals surface area contributed by atoms with Crippen molar-refractivity contribution in [1.29, 1.82) is 0 Å². The van der Waals surface area contributed by atoms with E-state index in [4.69, 9.17) is 10.5 Å². The van der Waals surface area contributed by atoms with E-state index in [1.54, 1.807) is 4.68 Å². The molecule has 0 bridgehead atoms. The van der Waals surface area contributed by atoms with Crippen LogP contribution in [0.25, 0.3) is 0 Å². The van der Waals surface area contributed by atoms with E-state index in [1.165, 1.54) is 6.33 Å². The predicted octanol–water partition coefficient (Wildman–Crippen LogP) is 1.41. The van der Waals surface area contributed by atoms with Gasteiger partial charge in [0.25, 0.3) is 0 Å². The molecule has 0 radical (unpaired) electrons. The van der Waals surface area contributed by atoms with Gasteiger partial charge < -0.3 is 10.5 Å². The molecule has 0 aliphatic carbocycles. The van der Waals surface area contributed by atoms with E-state index in [0.717, 1.165) is 17.1 Å². The minimum atomic E-state index is -0.0503. The van der Waals surface area contributed by atoms with Crippen molar-refractivity contribution in [3.05, 3.63) is 42.0 Å². The van der Waals surface area contributed by atoms with E-state index in [0.29, 0.717) is 6.61 Å². The number of rotatable bonds is 4. The van der Waals surface area contributed by atoms with Crippen LogP contribution in [0.5, 0.6) is 5.75 Å². The molecule has 0 saturated carbocycles. The summed E-state index contributed by atoms with van der Waals surface area (Å²) in [5.41, 5.74) is 6.88. The molecule has 0 amide bonds. The lowest BCUT2D eigenvalue weighted by Gasteiger charge is -2.13. The molecule has 0 unspecified atom stereocenters. The van der Waals surface area contributed by atoms with E-state index in [1.807, 2.05) is 38.2 Å². The average Bonchev–Trinajstić information content (AvgIpc) is 2.72. The van der Waals surface area contributed by atoms with Crippen LogP contribution >= 0.6 is 0 Å². The zero-order chi connectivity index (χ0) is 12.3. The molecule has 17 heavy (non-hydrogen) atoms. The molecule has 90 valence electrons. The number of aryl methyl sites for hydroxylation is 1. The number of hydrogen-bond acceptors (Lipinski definition) is 4. The fraction of sp³-hybridized carbons (Fsp3) is 0.333. The van der Waals surface area contributed by atoms with Crippen molar-refractivity contribution in [2.24, 2.45) is 12.8 Å². The highest BCUT2D eigenvalue weighted by Crippen LogP contribution is 2.23. The van der Waals surface area contributed by atoms with E-state index in [2.05, 4.69) is 10.1 Å². The quantitative estimate of drug-likeness (QED) is 0.865. The number of para-hydroxylation sites is 1. The molecule has 1 aromatic carbocycles. The van der Waals surface area contributed by atoms with Crippen molar-refractivity contribution in [2.75, 3.05) is 0 Å². The molecular weight excluding hydrogens is 216 g/mol. The van der Waals surface area contributed by atoms with Gasteiger partial charge in [-0.25, -0.2) is 4.98 Å². The molecule has 2 rings (SSSR count). The number of nitrogens with two attached hydrogens (primary N) is 1. The molecule has 1 atom stereocenters. The molecule has 1 aromatic heterocycles. The minimum absolute atomic E-state index is 0.0503. The number of benzene rings is 1. The molecule has 0 aliphatic heterocycles. The van der Waals surface area contributed by atoms with Gasteiger partial charge in [-0.15, -0.1) is 0 Å². The van der Waals surface area contributed by atoms with Crippen LogP contribution in [0.2, 0.25) is 0 Å². The van der Waals surface area contributed by atoms with Crippen LogP contribution in [0.1, 0.15) is 24.4 Å². The molecule has 0 spiro atoms. The summed E-state index contributed by atoms with van der Waals surface area (Å²) < 4.78 is 7.41. The molecule has 0 saturated heterocycles. The first-order valence-electron chi connectivity index (χ1n) is 5.48. The summed E-state index contributed by atoms with van der Waals surface area (Å²) in [4.78, 5) is 4.10. The highest BCUT2D eigenvalue weighted by molar-refractivity contribution is 5.35. The smallest absolute Gasteiger partial charge is 0.164 e. The van der Waals surface area contributed by atoms with Crippen molar-refractivity contribution in [3.8, 4) is 5.75 Å².